The Bertz CT molecular complexity index is 299. The van der Waals surface area contributed by atoms with E-state index in [0.29, 0.717) is 6.54 Å². The van der Waals surface area contributed by atoms with Gasteiger partial charge in [-0.2, -0.15) is 0 Å². The zero-order valence-corrected chi connectivity index (χ0v) is 9.16. The monoisotopic (exact) mass is 211 g/mol. The van der Waals surface area contributed by atoms with Crippen LogP contribution in [0.3, 0.4) is 0 Å². The Balaban J connectivity index is 2.76. The molecule has 1 atom stereocenters. The standard InChI is InChI=1S/C11H14ClNO/c1-3-13(2)11(14)10(12)9-7-5-4-6-8-9/h4-8,10H,3H2,1-2H3. The van der Waals surface area contributed by atoms with Gasteiger partial charge in [-0.15, -0.1) is 11.6 Å². The summed E-state index contributed by atoms with van der Waals surface area (Å²) in [5, 5.41) is -0.568. The van der Waals surface area contributed by atoms with Gasteiger partial charge in [0.25, 0.3) is 0 Å². The Kier molecular flexibility index (Phi) is 3.96. The van der Waals surface area contributed by atoms with E-state index >= 15 is 0 Å². The SMILES string of the molecule is CCN(C)C(=O)C(Cl)c1ccccc1. The highest BCUT2D eigenvalue weighted by atomic mass is 35.5. The molecule has 0 saturated carbocycles. The first-order valence-electron chi connectivity index (χ1n) is 4.60. The van der Waals surface area contributed by atoms with E-state index in [1.165, 1.54) is 0 Å². The minimum atomic E-state index is -0.568. The molecule has 2 nitrogen and oxygen atoms in total. The fraction of sp³-hybridized carbons (Fsp3) is 0.364. The minimum Gasteiger partial charge on any atom is -0.344 e. The number of hydrogen-bond donors (Lipinski definition) is 0. The van der Waals surface area contributed by atoms with Gasteiger partial charge in [0.2, 0.25) is 5.91 Å². The maximum Gasteiger partial charge on any atom is 0.244 e. The number of benzene rings is 1. The molecule has 14 heavy (non-hydrogen) atoms. The lowest BCUT2D eigenvalue weighted by Gasteiger charge is -2.18. The Hall–Kier alpha value is -1.02. The van der Waals surface area contributed by atoms with Crippen LogP contribution in [0, 0.1) is 0 Å². The molecule has 76 valence electrons. The molecule has 3 heteroatoms. The second-order valence-corrected chi connectivity index (χ2v) is 3.56. The van der Waals surface area contributed by atoms with Gasteiger partial charge in [0.15, 0.2) is 0 Å². The number of nitrogens with zero attached hydrogens (tertiary/aromatic N) is 1. The summed E-state index contributed by atoms with van der Waals surface area (Å²) >= 11 is 6.04. The summed E-state index contributed by atoms with van der Waals surface area (Å²) in [6.07, 6.45) is 0. The van der Waals surface area contributed by atoms with E-state index in [1.807, 2.05) is 37.3 Å². The molecule has 0 spiro atoms. The predicted molar refractivity (Wildman–Crippen MR) is 58.3 cm³/mol. The van der Waals surface area contributed by atoms with Crippen LogP contribution in [0.2, 0.25) is 0 Å². The zero-order valence-electron chi connectivity index (χ0n) is 8.40. The maximum absolute atomic E-state index is 11.7. The molecule has 0 aliphatic rings. The molecule has 1 rings (SSSR count). The van der Waals surface area contributed by atoms with Crippen LogP contribution in [-0.2, 0) is 4.79 Å². The van der Waals surface area contributed by atoms with Gasteiger partial charge in [-0.25, -0.2) is 0 Å². The van der Waals surface area contributed by atoms with E-state index < -0.39 is 5.38 Å². The van der Waals surface area contributed by atoms with Gasteiger partial charge >= 0.3 is 0 Å². The second-order valence-electron chi connectivity index (χ2n) is 3.13. The second kappa shape index (κ2) is 5.01. The van der Waals surface area contributed by atoms with Crippen molar-refractivity contribution in [3.8, 4) is 0 Å². The quantitative estimate of drug-likeness (QED) is 0.704. The first-order chi connectivity index (χ1) is 6.66. The highest BCUT2D eigenvalue weighted by molar-refractivity contribution is 6.30. The molecule has 1 aromatic carbocycles. The lowest BCUT2D eigenvalue weighted by molar-refractivity contribution is -0.129. The number of amides is 1. The summed E-state index contributed by atoms with van der Waals surface area (Å²) in [5.74, 6) is -0.0552. The fourth-order valence-corrected chi connectivity index (χ4v) is 1.43. The molecule has 0 radical (unpaired) electrons. The summed E-state index contributed by atoms with van der Waals surface area (Å²) < 4.78 is 0. The molecule has 1 unspecified atom stereocenters. The van der Waals surface area contributed by atoms with Gasteiger partial charge in [-0.3, -0.25) is 4.79 Å². The predicted octanol–water partition coefficient (Wildman–Crippen LogP) is 2.44. The Morgan fingerprint density at radius 3 is 2.50 bits per heavy atom. The van der Waals surface area contributed by atoms with Crippen LogP contribution in [0.1, 0.15) is 17.9 Å². The van der Waals surface area contributed by atoms with E-state index in [4.69, 9.17) is 11.6 Å². The van der Waals surface area contributed by atoms with Gasteiger partial charge < -0.3 is 4.90 Å². The van der Waals surface area contributed by atoms with Gasteiger partial charge in [-0.05, 0) is 12.5 Å². The summed E-state index contributed by atoms with van der Waals surface area (Å²) in [6, 6.07) is 9.38. The van der Waals surface area contributed by atoms with E-state index in [0.717, 1.165) is 5.56 Å². The fourth-order valence-electron chi connectivity index (χ4n) is 1.11. The lowest BCUT2D eigenvalue weighted by atomic mass is 10.1. The minimum absolute atomic E-state index is 0.0552. The molecule has 0 bridgehead atoms. The Morgan fingerprint density at radius 2 is 2.00 bits per heavy atom. The molecule has 0 aliphatic heterocycles. The molecule has 0 N–H and O–H groups in total. The molecule has 1 amide bonds. The van der Waals surface area contributed by atoms with E-state index in [9.17, 15) is 4.79 Å². The molecule has 0 heterocycles. The van der Waals surface area contributed by atoms with Gasteiger partial charge in [0.05, 0.1) is 0 Å². The summed E-state index contributed by atoms with van der Waals surface area (Å²) in [6.45, 7) is 2.60. The van der Waals surface area contributed by atoms with Crippen LogP contribution in [-0.4, -0.2) is 24.4 Å². The van der Waals surface area contributed by atoms with Gasteiger partial charge in [0, 0.05) is 13.6 Å². The smallest absolute Gasteiger partial charge is 0.244 e. The highest BCUT2D eigenvalue weighted by Gasteiger charge is 2.19. The number of halogens is 1. The van der Waals surface area contributed by atoms with Crippen LogP contribution < -0.4 is 0 Å². The lowest BCUT2D eigenvalue weighted by Crippen LogP contribution is -2.29. The van der Waals surface area contributed by atoms with Crippen molar-refractivity contribution in [2.75, 3.05) is 13.6 Å². The highest BCUT2D eigenvalue weighted by Crippen LogP contribution is 2.21. The average Bonchev–Trinajstić information content (AvgIpc) is 2.27. The van der Waals surface area contributed by atoms with Crippen molar-refractivity contribution in [3.05, 3.63) is 35.9 Å². The van der Waals surface area contributed by atoms with Crippen LogP contribution in [0.15, 0.2) is 30.3 Å². The molecule has 0 fully saturated rings. The molecule has 0 saturated heterocycles. The maximum atomic E-state index is 11.7. The van der Waals surface area contributed by atoms with Gasteiger partial charge in [-0.1, -0.05) is 30.3 Å². The number of hydrogen-bond acceptors (Lipinski definition) is 1. The van der Waals surface area contributed by atoms with E-state index in [2.05, 4.69) is 0 Å². The Morgan fingerprint density at radius 1 is 1.43 bits per heavy atom. The van der Waals surface area contributed by atoms with Crippen molar-refractivity contribution in [2.45, 2.75) is 12.3 Å². The van der Waals surface area contributed by atoms with Gasteiger partial charge in [0.1, 0.15) is 5.38 Å². The Labute approximate surface area is 89.5 Å². The number of alkyl halides is 1. The number of rotatable bonds is 3. The zero-order chi connectivity index (χ0) is 10.6. The first kappa shape index (κ1) is 11.1. The van der Waals surface area contributed by atoms with Crippen molar-refractivity contribution >= 4 is 17.5 Å². The van der Waals surface area contributed by atoms with Crippen molar-refractivity contribution in [1.29, 1.82) is 0 Å². The number of carbonyl (C=O) groups excluding carboxylic acids is 1. The van der Waals surface area contributed by atoms with E-state index in [1.54, 1.807) is 11.9 Å². The van der Waals surface area contributed by atoms with Crippen molar-refractivity contribution in [3.63, 3.8) is 0 Å². The molecule has 1 aromatic rings. The number of carbonyl (C=O) groups is 1. The summed E-state index contributed by atoms with van der Waals surface area (Å²) in [4.78, 5) is 13.3. The number of likely N-dealkylation sites (N-methyl/N-ethyl adjacent to an activating group) is 1. The van der Waals surface area contributed by atoms with Crippen LogP contribution in [0.5, 0.6) is 0 Å². The molecular formula is C11H14ClNO. The average molecular weight is 212 g/mol. The third kappa shape index (κ3) is 2.48. The van der Waals surface area contributed by atoms with Crippen LogP contribution >= 0.6 is 11.6 Å². The largest absolute Gasteiger partial charge is 0.344 e. The topological polar surface area (TPSA) is 20.3 Å². The summed E-state index contributed by atoms with van der Waals surface area (Å²) in [7, 11) is 1.75. The molecule has 0 aliphatic carbocycles. The third-order valence-electron chi connectivity index (χ3n) is 2.16. The van der Waals surface area contributed by atoms with E-state index in [-0.39, 0.29) is 5.91 Å². The van der Waals surface area contributed by atoms with Crippen molar-refractivity contribution < 1.29 is 4.79 Å². The van der Waals surface area contributed by atoms with Crippen molar-refractivity contribution in [1.82, 2.24) is 4.90 Å². The third-order valence-corrected chi connectivity index (χ3v) is 2.60. The normalized spacial score (nSPS) is 12.2. The van der Waals surface area contributed by atoms with Crippen LogP contribution in [0.25, 0.3) is 0 Å². The first-order valence-corrected chi connectivity index (χ1v) is 5.04. The summed E-state index contributed by atoms with van der Waals surface area (Å²) in [5.41, 5.74) is 0.847. The molecule has 0 aromatic heterocycles. The molecular weight excluding hydrogens is 198 g/mol. The van der Waals surface area contributed by atoms with Crippen molar-refractivity contribution in [2.24, 2.45) is 0 Å². The van der Waals surface area contributed by atoms with Crippen LogP contribution in [0.4, 0.5) is 0 Å².